The first kappa shape index (κ1) is 21.7. The van der Waals surface area contributed by atoms with Gasteiger partial charge in [-0.1, -0.05) is 11.6 Å². The molecule has 0 saturated heterocycles. The maximum absolute atomic E-state index is 11.3. The van der Waals surface area contributed by atoms with Crippen LogP contribution in [0.1, 0.15) is 0 Å². The molecule has 0 radical (unpaired) electrons. The third-order valence-corrected chi connectivity index (χ3v) is 1.31. The highest BCUT2D eigenvalue weighted by atomic mass is 35.5. The molecule has 0 fully saturated rings. The summed E-state index contributed by atoms with van der Waals surface area (Å²) in [5.41, 5.74) is -2.94. The predicted octanol–water partition coefficient (Wildman–Crippen LogP) is 4.44. The molecule has 0 saturated carbocycles. The zero-order valence-electron chi connectivity index (χ0n) is 8.66. The molecule has 2 nitrogen and oxygen atoms in total. The van der Waals surface area contributed by atoms with Crippen molar-refractivity contribution in [1.82, 2.24) is 0 Å². The van der Waals surface area contributed by atoms with Gasteiger partial charge in [0.1, 0.15) is 0 Å². The minimum absolute atomic E-state index is 2.49. The first-order chi connectivity index (χ1) is 8.67. The number of alkyl halides is 12. The molecule has 0 aliphatic rings. The lowest BCUT2D eigenvalue weighted by molar-refractivity contribution is -0.312. The zero-order chi connectivity index (χ0) is 16.7. The van der Waals surface area contributed by atoms with E-state index in [9.17, 15) is 48.3 Å². The molecule has 0 spiro atoms. The minimum atomic E-state index is -5.38. The first-order valence-electron chi connectivity index (χ1n) is 3.96. The molecule has 0 N–H and O–H groups in total. The van der Waals surface area contributed by atoms with Crippen LogP contribution in [-0.4, -0.2) is 37.5 Å². The van der Waals surface area contributed by atoms with Crippen LogP contribution in [0.3, 0.4) is 0 Å². The quantitative estimate of drug-likeness (QED) is 0.550. The molecule has 20 heavy (non-hydrogen) atoms. The standard InChI is InChI=1S/C3H2ClF5O.C3H2F6O/c2*4-1(3(7,8)9)10-2(5)6/h2*1-2H. The van der Waals surface area contributed by atoms with E-state index >= 15 is 0 Å². The van der Waals surface area contributed by atoms with Gasteiger partial charge in [0.15, 0.2) is 0 Å². The molecular formula is C6H4ClF11O2. The van der Waals surface area contributed by atoms with E-state index in [1.807, 2.05) is 0 Å². The van der Waals surface area contributed by atoms with E-state index in [-0.39, 0.29) is 0 Å². The predicted molar refractivity (Wildman–Crippen MR) is 40.8 cm³/mol. The molecule has 124 valence electrons. The molecule has 2 atom stereocenters. The SMILES string of the molecule is FC(F)OC(Cl)C(F)(F)F.FC(F)OC(F)C(F)(F)F. The maximum atomic E-state index is 11.3. The van der Waals surface area contributed by atoms with Gasteiger partial charge < -0.3 is 0 Å². The number of ether oxygens (including phenoxy) is 2. The maximum Gasteiger partial charge on any atom is 0.445 e. The molecule has 0 aromatic carbocycles. The monoisotopic (exact) mass is 352 g/mol. The number of hydrogen-bond acceptors (Lipinski definition) is 2. The Morgan fingerprint density at radius 2 is 1.00 bits per heavy atom. The van der Waals surface area contributed by atoms with Crippen molar-refractivity contribution in [3.05, 3.63) is 0 Å². The van der Waals surface area contributed by atoms with Gasteiger partial charge in [0, 0.05) is 0 Å². The van der Waals surface area contributed by atoms with E-state index in [0.717, 1.165) is 0 Å². The average Bonchev–Trinajstić information content (AvgIpc) is 2.13. The van der Waals surface area contributed by atoms with E-state index in [2.05, 4.69) is 21.1 Å². The summed E-state index contributed by atoms with van der Waals surface area (Å²) in [6, 6.07) is 0. The summed E-state index contributed by atoms with van der Waals surface area (Å²) < 4.78 is 127. The van der Waals surface area contributed by atoms with Crippen LogP contribution in [0.15, 0.2) is 0 Å². The summed E-state index contributed by atoms with van der Waals surface area (Å²) in [4.78, 5) is 0. The Kier molecular flexibility index (Phi) is 9.42. The second kappa shape index (κ2) is 8.67. The van der Waals surface area contributed by atoms with Gasteiger partial charge in [0.2, 0.25) is 5.56 Å². The Hall–Kier alpha value is -0.560. The minimum Gasteiger partial charge on any atom is -0.294 e. The Bertz CT molecular complexity index is 226. The molecule has 0 bridgehead atoms. The van der Waals surface area contributed by atoms with Crippen LogP contribution in [-0.2, 0) is 9.47 Å². The smallest absolute Gasteiger partial charge is 0.294 e. The summed E-state index contributed by atoms with van der Waals surface area (Å²) >= 11 is 4.32. The summed E-state index contributed by atoms with van der Waals surface area (Å²) in [6.45, 7) is -7.26. The normalized spacial score (nSPS) is 15.9. The van der Waals surface area contributed by atoms with Crippen molar-refractivity contribution in [3.8, 4) is 0 Å². The summed E-state index contributed by atoms with van der Waals surface area (Å²) in [6.07, 6.45) is -14.2. The van der Waals surface area contributed by atoms with Crippen molar-refractivity contribution in [1.29, 1.82) is 0 Å². The number of hydrogen-bond donors (Lipinski definition) is 0. The second-order valence-electron chi connectivity index (χ2n) is 2.51. The molecule has 0 amide bonds. The third-order valence-electron chi connectivity index (χ3n) is 0.959. The Balaban J connectivity index is 0. The van der Waals surface area contributed by atoms with Crippen molar-refractivity contribution < 1.29 is 57.8 Å². The van der Waals surface area contributed by atoms with E-state index < -0.39 is 37.5 Å². The number of halogens is 12. The summed E-state index contributed by atoms with van der Waals surface area (Å²) in [7, 11) is 0. The van der Waals surface area contributed by atoms with Crippen molar-refractivity contribution in [2.24, 2.45) is 0 Å². The lowest BCUT2D eigenvalue weighted by atomic mass is 10.7. The Morgan fingerprint density at radius 1 is 0.650 bits per heavy atom. The van der Waals surface area contributed by atoms with Gasteiger partial charge in [-0.2, -0.15) is 43.9 Å². The van der Waals surface area contributed by atoms with Gasteiger partial charge in [-0.05, 0) is 0 Å². The van der Waals surface area contributed by atoms with Crippen molar-refractivity contribution >= 4 is 11.6 Å². The van der Waals surface area contributed by atoms with Gasteiger partial charge in [0.25, 0.3) is 6.36 Å². The topological polar surface area (TPSA) is 18.5 Å². The first-order valence-corrected chi connectivity index (χ1v) is 4.40. The van der Waals surface area contributed by atoms with Crippen LogP contribution in [0.25, 0.3) is 0 Å². The van der Waals surface area contributed by atoms with E-state index in [4.69, 9.17) is 0 Å². The molecule has 0 aromatic rings. The van der Waals surface area contributed by atoms with E-state index in [1.165, 1.54) is 0 Å². The van der Waals surface area contributed by atoms with E-state index in [1.54, 1.807) is 0 Å². The highest BCUT2D eigenvalue weighted by molar-refractivity contribution is 6.20. The highest BCUT2D eigenvalue weighted by Gasteiger charge is 2.43. The summed E-state index contributed by atoms with van der Waals surface area (Å²) in [5, 5.41) is 0. The Morgan fingerprint density at radius 3 is 1.10 bits per heavy atom. The zero-order valence-corrected chi connectivity index (χ0v) is 9.42. The molecule has 0 aromatic heterocycles. The van der Waals surface area contributed by atoms with E-state index in [0.29, 0.717) is 0 Å². The summed E-state index contributed by atoms with van der Waals surface area (Å²) in [5.74, 6) is 0. The fourth-order valence-corrected chi connectivity index (χ4v) is 0.413. The van der Waals surface area contributed by atoms with Crippen LogP contribution in [0.4, 0.5) is 48.3 Å². The van der Waals surface area contributed by atoms with Crippen LogP contribution in [0, 0.1) is 0 Å². The lowest BCUT2D eigenvalue weighted by Gasteiger charge is -2.12. The molecule has 2 unspecified atom stereocenters. The average molecular weight is 353 g/mol. The third kappa shape index (κ3) is 12.5. The van der Waals surface area contributed by atoms with Crippen molar-refractivity contribution in [2.45, 2.75) is 37.5 Å². The lowest BCUT2D eigenvalue weighted by Crippen LogP contribution is -2.28. The second-order valence-corrected chi connectivity index (χ2v) is 2.91. The van der Waals surface area contributed by atoms with Gasteiger partial charge in [0.05, 0.1) is 0 Å². The molecular weight excluding hydrogens is 348 g/mol. The van der Waals surface area contributed by atoms with Gasteiger partial charge >= 0.3 is 25.6 Å². The highest BCUT2D eigenvalue weighted by Crippen LogP contribution is 2.27. The molecule has 0 aliphatic heterocycles. The van der Waals surface area contributed by atoms with Crippen molar-refractivity contribution in [3.63, 3.8) is 0 Å². The van der Waals surface area contributed by atoms with Gasteiger partial charge in [-0.3, -0.25) is 9.47 Å². The molecule has 0 aliphatic carbocycles. The Labute approximate surface area is 108 Å². The largest absolute Gasteiger partial charge is 0.445 e. The number of rotatable bonds is 4. The van der Waals surface area contributed by atoms with Crippen LogP contribution in [0.2, 0.25) is 0 Å². The van der Waals surface area contributed by atoms with Gasteiger partial charge in [-0.15, -0.1) is 0 Å². The molecule has 0 rings (SSSR count). The fourth-order valence-electron chi connectivity index (χ4n) is 0.335. The van der Waals surface area contributed by atoms with Gasteiger partial charge in [-0.25, -0.2) is 4.39 Å². The van der Waals surface area contributed by atoms with Crippen LogP contribution in [0.5, 0.6) is 0 Å². The molecule has 0 heterocycles. The van der Waals surface area contributed by atoms with Crippen LogP contribution < -0.4 is 0 Å². The fraction of sp³-hybridized carbons (Fsp3) is 1.00. The van der Waals surface area contributed by atoms with Crippen LogP contribution >= 0.6 is 11.6 Å². The van der Waals surface area contributed by atoms with Crippen molar-refractivity contribution in [2.75, 3.05) is 0 Å². The molecule has 14 heteroatoms.